The molecule has 1 aliphatic heterocycles. The van der Waals surface area contributed by atoms with Crippen LogP contribution in [-0.2, 0) is 10.9 Å². The van der Waals surface area contributed by atoms with E-state index in [9.17, 15) is 35.5 Å². The summed E-state index contributed by atoms with van der Waals surface area (Å²) in [5.74, 6) is -7.83. The molecule has 1 aliphatic carbocycles. The first-order chi connectivity index (χ1) is 20.4. The molecule has 0 spiro atoms. The SMILES string of the molecule is O=C(Oc1ccc(C(F)(F)Oc2ccc(-c3ccc(-c4cc(F)c(F)c(F)c4)c(F)c3)cc2)c(F)c1)[C@@]12CCC(C=N1)C2. The zero-order valence-electron chi connectivity index (χ0n) is 22.0. The van der Waals surface area contributed by atoms with Crippen LogP contribution in [0.15, 0.2) is 77.8 Å². The summed E-state index contributed by atoms with van der Waals surface area (Å²) in [5.41, 5.74) is -1.79. The predicted molar refractivity (Wildman–Crippen MR) is 142 cm³/mol. The molecule has 2 bridgehead atoms. The van der Waals surface area contributed by atoms with E-state index in [1.54, 1.807) is 6.21 Å². The van der Waals surface area contributed by atoms with Crippen molar-refractivity contribution in [2.75, 3.05) is 0 Å². The van der Waals surface area contributed by atoms with Gasteiger partial charge < -0.3 is 9.47 Å². The second-order valence-electron chi connectivity index (χ2n) is 10.4. The van der Waals surface area contributed by atoms with E-state index >= 15 is 0 Å². The number of carbonyl (C=O) groups is 1. The molecule has 6 rings (SSSR count). The van der Waals surface area contributed by atoms with Gasteiger partial charge in [0, 0.05) is 17.8 Å². The third kappa shape index (κ3) is 5.35. The topological polar surface area (TPSA) is 47.9 Å². The van der Waals surface area contributed by atoms with Crippen molar-refractivity contribution >= 4 is 12.2 Å². The maximum Gasteiger partial charge on any atom is 0.429 e. The summed E-state index contributed by atoms with van der Waals surface area (Å²) in [6.45, 7) is 0. The van der Waals surface area contributed by atoms with Crippen molar-refractivity contribution < 1.29 is 45.0 Å². The van der Waals surface area contributed by atoms with E-state index in [-0.39, 0.29) is 28.5 Å². The van der Waals surface area contributed by atoms with Crippen molar-refractivity contribution in [3.8, 4) is 33.8 Å². The van der Waals surface area contributed by atoms with E-state index in [4.69, 9.17) is 9.47 Å². The summed E-state index contributed by atoms with van der Waals surface area (Å²) in [5, 5.41) is 0. The minimum Gasteiger partial charge on any atom is -0.429 e. The Morgan fingerprint density at radius 2 is 1.42 bits per heavy atom. The number of rotatable bonds is 7. The Hall–Kier alpha value is -4.67. The molecular weight excluding hydrogens is 579 g/mol. The maximum atomic E-state index is 14.9. The first-order valence-corrected chi connectivity index (χ1v) is 13.1. The number of halogens is 7. The van der Waals surface area contributed by atoms with Gasteiger partial charge in [0.15, 0.2) is 23.0 Å². The standard InChI is InChI=1S/C32H20F7NO3/c33-25-11-19(3-7-23(25)20-12-27(35)29(37)28(36)13-20)18-1-4-21(5-2-18)43-32(38,39)24-8-6-22(14-26(24)34)42-30(41)31-10-9-17(15-31)16-40-31/h1-8,11-14,16-17H,9-10,15H2/t17?,31-/m0/s1. The van der Waals surface area contributed by atoms with E-state index in [2.05, 4.69) is 4.99 Å². The van der Waals surface area contributed by atoms with Gasteiger partial charge in [0.25, 0.3) is 0 Å². The highest BCUT2D eigenvalue weighted by Crippen LogP contribution is 2.43. The van der Waals surface area contributed by atoms with Crippen LogP contribution < -0.4 is 9.47 Å². The fraction of sp³-hybridized carbons (Fsp3) is 0.188. The van der Waals surface area contributed by atoms with Gasteiger partial charge in [0.2, 0.25) is 0 Å². The average Bonchev–Trinajstić information content (AvgIpc) is 3.59. The highest BCUT2D eigenvalue weighted by molar-refractivity contribution is 5.88. The number of esters is 1. The Morgan fingerprint density at radius 3 is 2.00 bits per heavy atom. The molecule has 0 N–H and O–H groups in total. The molecule has 1 fully saturated rings. The third-order valence-electron chi connectivity index (χ3n) is 7.60. The fourth-order valence-electron chi connectivity index (χ4n) is 5.35. The molecule has 4 nitrogen and oxygen atoms in total. The highest BCUT2D eigenvalue weighted by Gasteiger charge is 2.50. The van der Waals surface area contributed by atoms with Crippen LogP contribution in [-0.4, -0.2) is 17.7 Å². The van der Waals surface area contributed by atoms with Crippen molar-refractivity contribution in [3.63, 3.8) is 0 Å². The normalized spacial score (nSPS) is 19.1. The summed E-state index contributed by atoms with van der Waals surface area (Å²) in [6, 6.07) is 12.6. The Labute approximate surface area is 240 Å². The highest BCUT2D eigenvalue weighted by atomic mass is 19.3. The first-order valence-electron chi connectivity index (χ1n) is 13.1. The Bertz CT molecular complexity index is 1750. The number of aliphatic imine (C=N–C) groups is 1. The van der Waals surface area contributed by atoms with Crippen LogP contribution >= 0.6 is 0 Å². The minimum atomic E-state index is -4.10. The van der Waals surface area contributed by atoms with Crippen LogP contribution in [0, 0.1) is 35.0 Å². The zero-order valence-corrected chi connectivity index (χ0v) is 22.0. The van der Waals surface area contributed by atoms with Gasteiger partial charge in [-0.2, -0.15) is 8.78 Å². The smallest absolute Gasteiger partial charge is 0.429 e. The second kappa shape index (κ2) is 10.6. The fourth-order valence-corrected chi connectivity index (χ4v) is 5.35. The Balaban J connectivity index is 1.15. The van der Waals surface area contributed by atoms with Crippen LogP contribution in [0.1, 0.15) is 24.8 Å². The molecule has 0 radical (unpaired) electrons. The molecule has 0 saturated heterocycles. The Morgan fingerprint density at radius 1 is 0.767 bits per heavy atom. The van der Waals surface area contributed by atoms with Gasteiger partial charge >= 0.3 is 12.1 Å². The average molecular weight is 600 g/mol. The van der Waals surface area contributed by atoms with Crippen LogP contribution in [0.3, 0.4) is 0 Å². The van der Waals surface area contributed by atoms with Crippen molar-refractivity contribution in [3.05, 3.63) is 107 Å². The molecule has 1 unspecified atom stereocenters. The van der Waals surface area contributed by atoms with Crippen molar-refractivity contribution in [2.45, 2.75) is 30.9 Å². The van der Waals surface area contributed by atoms with E-state index in [0.29, 0.717) is 42.2 Å². The molecule has 220 valence electrons. The largest absolute Gasteiger partial charge is 0.429 e. The van der Waals surface area contributed by atoms with Gasteiger partial charge in [-0.15, -0.1) is 0 Å². The van der Waals surface area contributed by atoms with Crippen LogP contribution in [0.2, 0.25) is 0 Å². The number of hydrogen-bond acceptors (Lipinski definition) is 4. The van der Waals surface area contributed by atoms with Crippen molar-refractivity contribution in [1.29, 1.82) is 0 Å². The van der Waals surface area contributed by atoms with Gasteiger partial charge in [-0.1, -0.05) is 24.3 Å². The quantitative estimate of drug-likeness (QED) is 0.0929. The lowest BCUT2D eigenvalue weighted by atomic mass is 9.99. The maximum absolute atomic E-state index is 14.9. The molecule has 4 aromatic carbocycles. The molecule has 43 heavy (non-hydrogen) atoms. The lowest BCUT2D eigenvalue weighted by Gasteiger charge is -2.21. The van der Waals surface area contributed by atoms with Gasteiger partial charge in [-0.3, -0.25) is 4.99 Å². The number of alkyl halides is 2. The van der Waals surface area contributed by atoms with Gasteiger partial charge in [-0.05, 0) is 84.3 Å². The first kappa shape index (κ1) is 28.4. The zero-order chi connectivity index (χ0) is 30.5. The van der Waals surface area contributed by atoms with E-state index in [1.165, 1.54) is 36.4 Å². The molecule has 0 aromatic heterocycles. The summed E-state index contributed by atoms with van der Waals surface area (Å²) in [4.78, 5) is 16.8. The molecule has 4 aromatic rings. The van der Waals surface area contributed by atoms with E-state index in [1.807, 2.05) is 0 Å². The summed E-state index contributed by atoms with van der Waals surface area (Å²) >= 11 is 0. The summed E-state index contributed by atoms with van der Waals surface area (Å²) < 4.78 is 110. The third-order valence-corrected chi connectivity index (χ3v) is 7.60. The number of carbonyl (C=O) groups excluding carboxylic acids is 1. The number of benzene rings is 4. The van der Waals surface area contributed by atoms with Crippen LogP contribution in [0.5, 0.6) is 11.5 Å². The molecule has 2 aliphatic rings. The molecule has 1 saturated carbocycles. The van der Waals surface area contributed by atoms with E-state index < -0.39 is 52.3 Å². The van der Waals surface area contributed by atoms with Gasteiger partial charge in [-0.25, -0.2) is 26.7 Å². The van der Waals surface area contributed by atoms with Crippen LogP contribution in [0.4, 0.5) is 30.7 Å². The second-order valence-corrected chi connectivity index (χ2v) is 10.4. The lowest BCUT2D eigenvalue weighted by molar-refractivity contribution is -0.187. The lowest BCUT2D eigenvalue weighted by Crippen LogP contribution is -2.36. The molecule has 2 atom stereocenters. The van der Waals surface area contributed by atoms with Gasteiger partial charge in [0.1, 0.15) is 28.7 Å². The molecule has 0 amide bonds. The minimum absolute atomic E-state index is 0.178. The number of ether oxygens (including phenoxy) is 2. The molecule has 11 heteroatoms. The van der Waals surface area contributed by atoms with Gasteiger partial charge in [0.05, 0.1) is 0 Å². The van der Waals surface area contributed by atoms with E-state index in [0.717, 1.165) is 24.6 Å². The van der Waals surface area contributed by atoms with Crippen LogP contribution in [0.25, 0.3) is 22.3 Å². The number of nitrogens with zero attached hydrogens (tertiary/aromatic N) is 1. The summed E-state index contributed by atoms with van der Waals surface area (Å²) in [6.07, 6.45) is -0.585. The molecule has 1 heterocycles. The van der Waals surface area contributed by atoms with Crippen molar-refractivity contribution in [1.82, 2.24) is 0 Å². The summed E-state index contributed by atoms with van der Waals surface area (Å²) in [7, 11) is 0. The number of fused-ring (bicyclic) bond motifs is 2. The monoisotopic (exact) mass is 599 g/mol. The Kier molecular flexibility index (Phi) is 6.98. The number of hydrogen-bond donors (Lipinski definition) is 0. The molecular formula is C32H20F7NO3. The van der Waals surface area contributed by atoms with Crippen molar-refractivity contribution in [2.24, 2.45) is 10.9 Å². The predicted octanol–water partition coefficient (Wildman–Crippen LogP) is 8.37.